The van der Waals surface area contributed by atoms with Gasteiger partial charge in [-0.3, -0.25) is 0 Å². The molecular weight excluding hydrogens is 447 g/mol. The number of rotatable bonds is 13. The zero-order valence-corrected chi connectivity index (χ0v) is 23.4. The lowest BCUT2D eigenvalue weighted by atomic mass is 9.14. The lowest BCUT2D eigenvalue weighted by Gasteiger charge is -2.43. The highest BCUT2D eigenvalue weighted by Crippen LogP contribution is 2.16. The van der Waals surface area contributed by atoms with E-state index < -0.39 is 6.15 Å². The van der Waals surface area contributed by atoms with Crippen LogP contribution in [0.3, 0.4) is 0 Å². The molecule has 2 nitrogen and oxygen atoms in total. The summed E-state index contributed by atoms with van der Waals surface area (Å²) in [5.74, 6) is 0. The highest BCUT2D eigenvalue weighted by Gasteiger charge is 2.28. The van der Waals surface area contributed by atoms with E-state index >= 15 is 0 Å². The van der Waals surface area contributed by atoms with Crippen LogP contribution in [-0.4, -0.2) is 10.7 Å². The molecule has 0 saturated heterocycles. The van der Waals surface area contributed by atoms with E-state index in [0.29, 0.717) is 0 Å². The Morgan fingerprint density at radius 1 is 0.595 bits per heavy atom. The van der Waals surface area contributed by atoms with Crippen molar-refractivity contribution in [1.29, 1.82) is 0 Å². The third-order valence-corrected chi connectivity index (χ3v) is 7.69. The van der Waals surface area contributed by atoms with Gasteiger partial charge in [-0.2, -0.15) is 22.7 Å². The van der Waals surface area contributed by atoms with Gasteiger partial charge in [0, 0.05) is 0 Å². The van der Waals surface area contributed by atoms with E-state index in [1.807, 2.05) is 0 Å². The molecule has 0 fully saturated rings. The molecule has 0 N–H and O–H groups in total. The van der Waals surface area contributed by atoms with Crippen molar-refractivity contribution >= 4 is 22.5 Å². The highest BCUT2D eigenvalue weighted by molar-refractivity contribution is 7.11. The standard InChI is InChI=1S/C22H24B.C12H23N2/c1-2-3-19-23(20-13-7-4-8-14-20,21-15-9-5-10-16-21)22-17-11-6-12-18-22;1-3-4-5-6-7-8-9-14-11-10-13(2)12-14/h4-18H,2-3,19H2,1H3;10-12H,3-9H2,1-2H3/q-1;+1. The molecule has 37 heavy (non-hydrogen) atoms. The van der Waals surface area contributed by atoms with E-state index in [2.05, 4.69) is 140 Å². The van der Waals surface area contributed by atoms with Gasteiger partial charge in [-0.05, 0) is 12.8 Å². The van der Waals surface area contributed by atoms with Crippen molar-refractivity contribution in [3.05, 3.63) is 110 Å². The number of hydrogen-bond donors (Lipinski definition) is 0. The number of aryl methyl sites for hydroxylation is 2. The van der Waals surface area contributed by atoms with Crippen LogP contribution in [0.15, 0.2) is 110 Å². The van der Waals surface area contributed by atoms with Crippen molar-refractivity contribution in [2.75, 3.05) is 0 Å². The molecular formula is C34H47BN2. The number of unbranched alkanes of at least 4 members (excludes halogenated alkanes) is 6. The Morgan fingerprint density at radius 2 is 1.05 bits per heavy atom. The van der Waals surface area contributed by atoms with Gasteiger partial charge >= 0.3 is 0 Å². The Balaban J connectivity index is 0.000000233. The fourth-order valence-electron chi connectivity index (χ4n) is 5.64. The Hall–Kier alpha value is -3.07. The highest BCUT2D eigenvalue weighted by atomic mass is 15.1. The minimum atomic E-state index is -0.913. The van der Waals surface area contributed by atoms with Gasteiger partial charge < -0.3 is 0 Å². The van der Waals surface area contributed by atoms with Gasteiger partial charge in [0.25, 0.3) is 0 Å². The lowest BCUT2D eigenvalue weighted by Crippen LogP contribution is -2.66. The first kappa shape index (κ1) is 28.5. The summed E-state index contributed by atoms with van der Waals surface area (Å²) >= 11 is 0. The predicted octanol–water partition coefficient (Wildman–Crippen LogP) is 6.63. The second-order valence-electron chi connectivity index (χ2n) is 10.5. The largest absolute Gasteiger partial charge is 0.243 e. The topological polar surface area (TPSA) is 8.81 Å². The monoisotopic (exact) mass is 494 g/mol. The normalized spacial score (nSPS) is 11.1. The average Bonchev–Trinajstić information content (AvgIpc) is 3.38. The maximum absolute atomic E-state index is 2.30. The van der Waals surface area contributed by atoms with Crippen molar-refractivity contribution < 1.29 is 4.57 Å². The summed E-state index contributed by atoms with van der Waals surface area (Å²) in [6, 6.07) is 33.2. The molecule has 0 aliphatic heterocycles. The molecule has 0 aliphatic rings. The second-order valence-corrected chi connectivity index (χ2v) is 10.5. The molecule has 0 saturated carbocycles. The molecule has 0 unspecified atom stereocenters. The fourth-order valence-corrected chi connectivity index (χ4v) is 5.64. The molecule has 0 spiro atoms. The summed E-state index contributed by atoms with van der Waals surface area (Å²) in [6.07, 6.45) is 17.4. The summed E-state index contributed by atoms with van der Waals surface area (Å²) < 4.78 is 4.36. The molecule has 0 aliphatic carbocycles. The Kier molecular flexibility index (Phi) is 12.3. The molecule has 0 amide bonds. The molecule has 0 atom stereocenters. The Bertz CT molecular complexity index is 1010. The average molecular weight is 495 g/mol. The van der Waals surface area contributed by atoms with Crippen molar-refractivity contribution in [2.45, 2.75) is 78.1 Å². The fraction of sp³-hybridized carbons (Fsp3) is 0.382. The smallest absolute Gasteiger partial charge is 0.240 e. The molecule has 3 heteroatoms. The number of hydrogen-bond acceptors (Lipinski definition) is 0. The molecule has 4 aromatic rings. The maximum Gasteiger partial charge on any atom is 0.243 e. The SMILES string of the molecule is CCCCCCCCn1cc[n+](C)c1.CCCC[B-](c1ccccc1)(c1ccccc1)c1ccccc1. The third kappa shape index (κ3) is 8.49. The van der Waals surface area contributed by atoms with Crippen LogP contribution >= 0.6 is 0 Å². The number of benzene rings is 3. The van der Waals surface area contributed by atoms with Crippen LogP contribution in [0.1, 0.15) is 65.2 Å². The zero-order chi connectivity index (χ0) is 26.2. The van der Waals surface area contributed by atoms with Crippen LogP contribution in [0.4, 0.5) is 0 Å². The van der Waals surface area contributed by atoms with E-state index in [0.717, 1.165) is 0 Å². The molecule has 3 aromatic carbocycles. The summed E-state index contributed by atoms with van der Waals surface area (Å²) in [6.45, 7) is 5.72. The van der Waals surface area contributed by atoms with E-state index in [-0.39, 0.29) is 0 Å². The van der Waals surface area contributed by atoms with E-state index in [1.165, 1.54) is 80.6 Å². The van der Waals surface area contributed by atoms with Crippen LogP contribution in [0, 0.1) is 0 Å². The Morgan fingerprint density at radius 3 is 1.49 bits per heavy atom. The van der Waals surface area contributed by atoms with E-state index in [4.69, 9.17) is 0 Å². The first-order valence-electron chi connectivity index (χ1n) is 14.6. The van der Waals surface area contributed by atoms with Crippen molar-refractivity contribution in [1.82, 2.24) is 4.57 Å². The molecule has 1 aromatic heterocycles. The quantitative estimate of drug-likeness (QED) is 0.112. The van der Waals surface area contributed by atoms with E-state index in [1.54, 1.807) is 0 Å². The number of nitrogens with zero attached hydrogens (tertiary/aromatic N) is 2. The Labute approximate surface area is 226 Å². The summed E-state index contributed by atoms with van der Waals surface area (Å²) in [5.41, 5.74) is 4.33. The maximum atomic E-state index is 2.30. The molecule has 0 bridgehead atoms. The molecule has 196 valence electrons. The van der Waals surface area contributed by atoms with Crippen molar-refractivity contribution in [3.63, 3.8) is 0 Å². The minimum absolute atomic E-state index is 0.913. The van der Waals surface area contributed by atoms with Crippen molar-refractivity contribution in [2.24, 2.45) is 7.05 Å². The van der Waals surface area contributed by atoms with Gasteiger partial charge in [-0.15, -0.1) is 0 Å². The summed E-state index contributed by atoms with van der Waals surface area (Å²) in [4.78, 5) is 0. The third-order valence-electron chi connectivity index (χ3n) is 7.69. The van der Waals surface area contributed by atoms with Crippen LogP contribution < -0.4 is 21.0 Å². The zero-order valence-electron chi connectivity index (χ0n) is 23.4. The number of imidazole rings is 1. The van der Waals surface area contributed by atoms with Gasteiger partial charge in [0.2, 0.25) is 6.33 Å². The number of aromatic nitrogens is 2. The van der Waals surface area contributed by atoms with Crippen LogP contribution in [0.2, 0.25) is 6.32 Å². The lowest BCUT2D eigenvalue weighted by molar-refractivity contribution is -0.671. The molecule has 4 rings (SSSR count). The first-order valence-corrected chi connectivity index (χ1v) is 14.6. The molecule has 1 heterocycles. The van der Waals surface area contributed by atoms with Crippen LogP contribution in [-0.2, 0) is 13.6 Å². The first-order chi connectivity index (χ1) is 18.2. The van der Waals surface area contributed by atoms with Gasteiger partial charge in [-0.1, -0.05) is 143 Å². The van der Waals surface area contributed by atoms with E-state index in [9.17, 15) is 0 Å². The predicted molar refractivity (Wildman–Crippen MR) is 163 cm³/mol. The van der Waals surface area contributed by atoms with Crippen molar-refractivity contribution in [3.8, 4) is 0 Å². The van der Waals surface area contributed by atoms with Gasteiger partial charge in [0.1, 0.15) is 12.4 Å². The molecule has 0 radical (unpaired) electrons. The minimum Gasteiger partial charge on any atom is -0.240 e. The van der Waals surface area contributed by atoms with Gasteiger partial charge in [-0.25, -0.2) is 9.13 Å². The summed E-state index contributed by atoms with van der Waals surface area (Å²) in [5, 5.41) is 0. The van der Waals surface area contributed by atoms with Gasteiger partial charge in [0.15, 0.2) is 0 Å². The summed E-state index contributed by atoms with van der Waals surface area (Å²) in [7, 11) is 2.07. The van der Waals surface area contributed by atoms with Crippen LogP contribution in [0.25, 0.3) is 0 Å². The van der Waals surface area contributed by atoms with Gasteiger partial charge in [0.05, 0.1) is 19.7 Å². The second kappa shape index (κ2) is 15.9. The van der Waals surface area contributed by atoms with Crippen LogP contribution in [0.5, 0.6) is 0 Å².